The molecule has 160 valence electrons. The summed E-state index contributed by atoms with van der Waals surface area (Å²) >= 11 is 0.929. The molecule has 31 heavy (non-hydrogen) atoms. The number of aryl methyl sites for hydroxylation is 1. The van der Waals surface area contributed by atoms with Crippen LogP contribution in [0.2, 0.25) is 0 Å². The maximum Gasteiger partial charge on any atom is 0.346 e. The Hall–Kier alpha value is -3.53. The summed E-state index contributed by atoms with van der Waals surface area (Å²) in [5, 5.41) is 9.51. The molecule has 1 unspecified atom stereocenters. The first kappa shape index (κ1) is 20.7. The molecule has 2 aromatic heterocycles. The Morgan fingerprint density at radius 2 is 2.06 bits per heavy atom. The van der Waals surface area contributed by atoms with E-state index >= 15 is 0 Å². The topological polar surface area (TPSA) is 119 Å². The van der Waals surface area contributed by atoms with Crippen LogP contribution in [0.5, 0.6) is 5.75 Å². The summed E-state index contributed by atoms with van der Waals surface area (Å²) in [4.78, 5) is 55.8. The van der Waals surface area contributed by atoms with Gasteiger partial charge >= 0.3 is 5.97 Å². The summed E-state index contributed by atoms with van der Waals surface area (Å²) in [6.45, 7) is 5.35. The zero-order chi connectivity index (χ0) is 22.4. The summed E-state index contributed by atoms with van der Waals surface area (Å²) in [6, 6.07) is 3.93. The number of ketones is 1. The average molecular weight is 441 g/mol. The van der Waals surface area contributed by atoms with Crippen LogP contribution in [0, 0.1) is 6.92 Å². The van der Waals surface area contributed by atoms with E-state index in [4.69, 9.17) is 4.74 Å². The van der Waals surface area contributed by atoms with Gasteiger partial charge in [0.2, 0.25) is 0 Å². The zero-order valence-electron chi connectivity index (χ0n) is 17.0. The first-order valence-corrected chi connectivity index (χ1v) is 10.4. The van der Waals surface area contributed by atoms with E-state index in [-0.39, 0.29) is 28.6 Å². The van der Waals surface area contributed by atoms with Crippen LogP contribution in [-0.2, 0) is 4.79 Å². The Morgan fingerprint density at radius 1 is 1.32 bits per heavy atom. The largest absolute Gasteiger partial charge is 0.482 e. The molecule has 1 amide bonds. The number of Topliss-reactive ketones (excluding diaryl/α,β-unsaturated/α-hetero) is 1. The minimum Gasteiger partial charge on any atom is -0.482 e. The molecule has 0 saturated heterocycles. The molecule has 0 fully saturated rings. The van der Waals surface area contributed by atoms with Crippen molar-refractivity contribution in [2.45, 2.75) is 26.8 Å². The maximum absolute atomic E-state index is 13.2. The molecule has 1 aromatic carbocycles. The highest BCUT2D eigenvalue weighted by Crippen LogP contribution is 2.34. The van der Waals surface area contributed by atoms with E-state index in [0.717, 1.165) is 11.3 Å². The molecule has 1 aliphatic heterocycles. The van der Waals surface area contributed by atoms with Crippen molar-refractivity contribution in [1.29, 1.82) is 0 Å². The number of hydrogen-bond donors (Lipinski definition) is 1. The molecule has 4 rings (SSSR count). The summed E-state index contributed by atoms with van der Waals surface area (Å²) < 4.78 is 6.64. The number of carbonyl (C=O) groups excluding carboxylic acids is 2. The lowest BCUT2D eigenvalue weighted by molar-refractivity contribution is -0.121. The van der Waals surface area contributed by atoms with Crippen molar-refractivity contribution in [2.75, 3.05) is 18.1 Å². The van der Waals surface area contributed by atoms with Gasteiger partial charge in [-0.2, -0.15) is 0 Å². The Kier molecular flexibility index (Phi) is 5.10. The molecule has 10 heteroatoms. The van der Waals surface area contributed by atoms with E-state index in [1.54, 1.807) is 36.9 Å². The fraction of sp³-hybridized carbons (Fsp3) is 0.286. The molecule has 1 N–H and O–H groups in total. The van der Waals surface area contributed by atoms with Crippen molar-refractivity contribution < 1.29 is 24.2 Å². The van der Waals surface area contributed by atoms with Gasteiger partial charge in [0.1, 0.15) is 15.5 Å². The van der Waals surface area contributed by atoms with Crippen molar-refractivity contribution in [1.82, 2.24) is 9.55 Å². The number of carboxylic acids is 1. The van der Waals surface area contributed by atoms with Crippen LogP contribution < -0.4 is 15.2 Å². The maximum atomic E-state index is 13.2. The minimum absolute atomic E-state index is 0.0512. The molecule has 0 radical (unpaired) electrons. The van der Waals surface area contributed by atoms with Gasteiger partial charge < -0.3 is 14.7 Å². The second-order valence-electron chi connectivity index (χ2n) is 7.15. The Morgan fingerprint density at radius 3 is 2.74 bits per heavy atom. The molecular weight excluding hydrogens is 422 g/mol. The van der Waals surface area contributed by atoms with Gasteiger partial charge in [-0.05, 0) is 44.5 Å². The van der Waals surface area contributed by atoms with Crippen LogP contribution in [0.25, 0.3) is 10.2 Å². The number of amides is 1. The van der Waals surface area contributed by atoms with Gasteiger partial charge in [0.25, 0.3) is 11.5 Å². The van der Waals surface area contributed by atoms with E-state index < -0.39 is 17.6 Å². The third kappa shape index (κ3) is 3.28. The minimum atomic E-state index is -1.12. The molecule has 1 aliphatic rings. The van der Waals surface area contributed by atoms with Gasteiger partial charge in [0, 0.05) is 12.1 Å². The number of aromatic carboxylic acids is 1. The molecule has 0 spiro atoms. The number of benzene rings is 1. The van der Waals surface area contributed by atoms with Gasteiger partial charge in [0.15, 0.2) is 12.4 Å². The predicted octanol–water partition coefficient (Wildman–Crippen LogP) is 2.65. The van der Waals surface area contributed by atoms with Crippen molar-refractivity contribution in [3.63, 3.8) is 0 Å². The van der Waals surface area contributed by atoms with Crippen molar-refractivity contribution in [2.24, 2.45) is 0 Å². The Bertz CT molecular complexity index is 1310. The number of nitrogens with zero attached hydrogens (tertiary/aromatic N) is 3. The number of likely N-dealkylation sites (N-methyl/N-ethyl adjacent to an activating group) is 1. The average Bonchev–Trinajstić information content (AvgIpc) is 3.10. The van der Waals surface area contributed by atoms with Crippen LogP contribution >= 0.6 is 11.3 Å². The number of fused-ring (bicyclic) bond motifs is 2. The summed E-state index contributed by atoms with van der Waals surface area (Å²) in [7, 11) is 0. The van der Waals surface area contributed by atoms with Crippen LogP contribution in [0.3, 0.4) is 0 Å². The van der Waals surface area contributed by atoms with Crippen molar-refractivity contribution in [3.05, 3.63) is 50.9 Å². The van der Waals surface area contributed by atoms with Crippen LogP contribution in [0.4, 0.5) is 5.69 Å². The fourth-order valence-corrected chi connectivity index (χ4v) is 4.66. The number of aromatic nitrogens is 2. The van der Waals surface area contributed by atoms with Gasteiger partial charge in [-0.3, -0.25) is 19.0 Å². The summed E-state index contributed by atoms with van der Waals surface area (Å²) in [5.74, 6) is -1.14. The molecular formula is C21H19N3O6S. The highest BCUT2D eigenvalue weighted by molar-refractivity contribution is 7.20. The highest BCUT2D eigenvalue weighted by Gasteiger charge is 2.27. The highest BCUT2D eigenvalue weighted by atomic mass is 32.1. The lowest BCUT2D eigenvalue weighted by atomic mass is 10.0. The number of carboxylic acid groups (broad SMARTS) is 1. The number of rotatable bonds is 5. The van der Waals surface area contributed by atoms with Gasteiger partial charge in [-0.25, -0.2) is 9.78 Å². The third-order valence-corrected chi connectivity index (χ3v) is 6.56. The van der Waals surface area contributed by atoms with E-state index in [1.165, 1.54) is 10.9 Å². The standard InChI is InChI=1S/C21H19N3O6S/c1-4-23-13-7-12(5-6-14(13)30-8-15(23)25)17(26)11(3)24-9-22-19-16(20(24)27)10(2)18(31-19)21(28)29/h5-7,9,11H,4,8H2,1-3H3,(H,28,29). The lowest BCUT2D eigenvalue weighted by Gasteiger charge is -2.28. The zero-order valence-corrected chi connectivity index (χ0v) is 17.9. The quantitative estimate of drug-likeness (QED) is 0.605. The Balaban J connectivity index is 1.75. The first-order chi connectivity index (χ1) is 14.7. The lowest BCUT2D eigenvalue weighted by Crippen LogP contribution is -2.38. The van der Waals surface area contributed by atoms with E-state index in [0.29, 0.717) is 33.9 Å². The molecule has 3 heterocycles. The van der Waals surface area contributed by atoms with Gasteiger partial charge in [0.05, 0.1) is 23.4 Å². The normalized spacial score (nSPS) is 14.3. The third-order valence-electron chi connectivity index (χ3n) is 5.37. The number of thiophene rings is 1. The molecule has 1 atom stereocenters. The molecule has 0 saturated carbocycles. The van der Waals surface area contributed by atoms with Crippen LogP contribution in [0.15, 0.2) is 29.3 Å². The number of carbonyl (C=O) groups is 3. The SMILES string of the molecule is CCN1C(=O)COc2ccc(C(=O)C(C)n3cnc4sc(C(=O)O)c(C)c4c3=O)cc21. The fourth-order valence-electron chi connectivity index (χ4n) is 3.69. The van der Waals surface area contributed by atoms with Crippen molar-refractivity contribution >= 4 is 44.9 Å². The molecule has 9 nitrogen and oxygen atoms in total. The van der Waals surface area contributed by atoms with Crippen LogP contribution in [-0.4, -0.2) is 45.5 Å². The summed E-state index contributed by atoms with van der Waals surface area (Å²) in [5.41, 5.74) is 0.696. The second kappa shape index (κ2) is 7.62. The first-order valence-electron chi connectivity index (χ1n) is 9.59. The number of ether oxygens (including phenoxy) is 1. The predicted molar refractivity (Wildman–Crippen MR) is 115 cm³/mol. The van der Waals surface area contributed by atoms with Crippen LogP contribution in [0.1, 0.15) is 45.5 Å². The molecule has 0 bridgehead atoms. The second-order valence-corrected chi connectivity index (χ2v) is 8.15. The van der Waals surface area contributed by atoms with Gasteiger partial charge in [-0.1, -0.05) is 0 Å². The molecule has 3 aromatic rings. The van der Waals surface area contributed by atoms with Crippen molar-refractivity contribution in [3.8, 4) is 5.75 Å². The van der Waals surface area contributed by atoms with E-state index in [1.807, 2.05) is 6.92 Å². The van der Waals surface area contributed by atoms with Gasteiger partial charge in [-0.15, -0.1) is 11.3 Å². The van der Waals surface area contributed by atoms with E-state index in [2.05, 4.69) is 4.98 Å². The van der Waals surface area contributed by atoms with E-state index in [9.17, 15) is 24.3 Å². The number of anilines is 1. The number of hydrogen-bond acceptors (Lipinski definition) is 7. The molecule has 0 aliphatic carbocycles. The summed E-state index contributed by atoms with van der Waals surface area (Å²) in [6.07, 6.45) is 1.26. The monoisotopic (exact) mass is 441 g/mol. The Labute approximate surface area is 180 Å². The smallest absolute Gasteiger partial charge is 0.346 e.